The molecule has 15 rings (SSSR count). The summed E-state index contributed by atoms with van der Waals surface area (Å²) in [5, 5.41) is 10.3. The standard InChI is InChI=1S/C62H47BN4/c1-61(2,3)36-26-28-54-44(30-36)46-31-37(62(4,5)6)32-48-59(46)66(54)56-24-15-25-57-58(56)63(48)49-35-39(65-52-22-13-9-18-42(52)43-19-10-14-23-53(43)65)34-47-45-33-38(27-29-55(45)67(57)60(47)49)64-50-20-11-7-16-40(50)41-17-8-12-21-51(41)64/h7-35H,1-6H3. The highest BCUT2D eigenvalue weighted by Crippen LogP contribution is 2.44. The first-order valence-corrected chi connectivity index (χ1v) is 23.9. The van der Waals surface area contributed by atoms with Crippen LogP contribution in [0.3, 0.4) is 0 Å². The molecule has 2 aliphatic rings. The van der Waals surface area contributed by atoms with Gasteiger partial charge in [0.25, 0.3) is 6.71 Å². The highest BCUT2D eigenvalue weighted by molar-refractivity contribution is 7.00. The first-order chi connectivity index (χ1) is 32.5. The Labute approximate surface area is 389 Å². The fourth-order valence-corrected chi connectivity index (χ4v) is 12.5. The maximum Gasteiger partial charge on any atom is 0.252 e. The van der Waals surface area contributed by atoms with Crippen molar-refractivity contribution in [2.45, 2.75) is 52.4 Å². The van der Waals surface area contributed by atoms with Gasteiger partial charge in [-0.25, -0.2) is 0 Å². The number of fused-ring (bicyclic) bond motifs is 16. The number of aromatic nitrogens is 4. The molecule has 0 aliphatic carbocycles. The minimum Gasteiger partial charge on any atom is -0.310 e. The molecule has 5 heteroatoms. The van der Waals surface area contributed by atoms with Crippen LogP contribution in [0.15, 0.2) is 176 Å². The van der Waals surface area contributed by atoms with Gasteiger partial charge in [0, 0.05) is 76.9 Å². The monoisotopic (exact) mass is 858 g/mol. The minimum absolute atomic E-state index is 0.000872. The lowest BCUT2D eigenvalue weighted by atomic mass is 9.34. The van der Waals surface area contributed by atoms with Crippen molar-refractivity contribution in [3.05, 3.63) is 187 Å². The number of rotatable bonds is 2. The van der Waals surface area contributed by atoms with Gasteiger partial charge >= 0.3 is 0 Å². The maximum atomic E-state index is 2.61. The third-order valence-corrected chi connectivity index (χ3v) is 15.6. The van der Waals surface area contributed by atoms with Crippen LogP contribution in [0, 0.1) is 0 Å². The van der Waals surface area contributed by atoms with Crippen molar-refractivity contribution in [1.82, 2.24) is 18.3 Å². The van der Waals surface area contributed by atoms with Gasteiger partial charge in [-0.05, 0) is 123 Å². The molecule has 0 amide bonds. The SMILES string of the molecule is CC(C)(C)c1ccc2c(c1)c1cc(C(C)(C)C)cc3c1n2-c1cccc2c1B3c1cc(-n3c4ccccc4c4ccccc43)cc3c4cc(-n5c6ccccc6c6ccccc65)ccc4n-2c13. The van der Waals surface area contributed by atoms with E-state index >= 15 is 0 Å². The van der Waals surface area contributed by atoms with Gasteiger partial charge in [0.2, 0.25) is 0 Å². The Balaban J connectivity index is 1.12. The lowest BCUT2D eigenvalue weighted by Crippen LogP contribution is -2.59. The summed E-state index contributed by atoms with van der Waals surface area (Å²) in [4.78, 5) is 0. The van der Waals surface area contributed by atoms with E-state index in [4.69, 9.17) is 0 Å². The summed E-state index contributed by atoms with van der Waals surface area (Å²) in [5.41, 5.74) is 21.7. The first-order valence-electron chi connectivity index (χ1n) is 23.9. The van der Waals surface area contributed by atoms with Crippen LogP contribution in [0.5, 0.6) is 0 Å². The van der Waals surface area contributed by atoms with Crippen LogP contribution in [0.2, 0.25) is 0 Å². The smallest absolute Gasteiger partial charge is 0.252 e. The Kier molecular flexibility index (Phi) is 7.03. The molecule has 4 nitrogen and oxygen atoms in total. The molecule has 0 radical (unpaired) electrons. The molecule has 0 saturated carbocycles. The van der Waals surface area contributed by atoms with Crippen molar-refractivity contribution in [2.24, 2.45) is 0 Å². The molecule has 4 aromatic heterocycles. The summed E-state index contributed by atoms with van der Waals surface area (Å²) in [7, 11) is 0. The topological polar surface area (TPSA) is 19.7 Å². The van der Waals surface area contributed by atoms with Gasteiger partial charge in [0.05, 0.1) is 33.1 Å². The Morgan fingerprint density at radius 1 is 0.313 bits per heavy atom. The fourth-order valence-electron chi connectivity index (χ4n) is 12.5. The van der Waals surface area contributed by atoms with E-state index < -0.39 is 0 Å². The van der Waals surface area contributed by atoms with Crippen LogP contribution >= 0.6 is 0 Å². The van der Waals surface area contributed by atoms with Crippen molar-refractivity contribution in [2.75, 3.05) is 0 Å². The fraction of sp³-hybridized carbons (Fsp3) is 0.129. The molecular weight excluding hydrogens is 812 g/mol. The zero-order chi connectivity index (χ0) is 44.8. The molecule has 6 heterocycles. The van der Waals surface area contributed by atoms with Gasteiger partial charge in [0.15, 0.2) is 0 Å². The van der Waals surface area contributed by atoms with Gasteiger partial charge in [-0.1, -0.05) is 133 Å². The van der Waals surface area contributed by atoms with E-state index in [1.807, 2.05) is 0 Å². The summed E-state index contributed by atoms with van der Waals surface area (Å²) in [5.74, 6) is 0. The Hall–Kier alpha value is -7.76. The average Bonchev–Trinajstić information content (AvgIpc) is 4.06. The van der Waals surface area contributed by atoms with Crippen molar-refractivity contribution >= 4 is 110 Å². The number of benzene rings is 9. The molecule has 0 unspecified atom stereocenters. The number of para-hydroxylation sites is 4. The van der Waals surface area contributed by atoms with E-state index in [-0.39, 0.29) is 17.5 Å². The largest absolute Gasteiger partial charge is 0.310 e. The third-order valence-electron chi connectivity index (χ3n) is 15.6. The van der Waals surface area contributed by atoms with Crippen molar-refractivity contribution in [3.63, 3.8) is 0 Å². The predicted octanol–water partition coefficient (Wildman–Crippen LogP) is 13.8. The summed E-state index contributed by atoms with van der Waals surface area (Å²) < 4.78 is 10.2. The third kappa shape index (κ3) is 4.78. The second-order valence-corrected chi connectivity index (χ2v) is 21.4. The molecule has 318 valence electrons. The lowest BCUT2D eigenvalue weighted by molar-refractivity contribution is 0.590. The molecule has 0 atom stereocenters. The van der Waals surface area contributed by atoms with E-state index in [0.29, 0.717) is 0 Å². The van der Waals surface area contributed by atoms with E-state index in [2.05, 4.69) is 236 Å². The minimum atomic E-state index is -0.0620. The van der Waals surface area contributed by atoms with Crippen LogP contribution < -0.4 is 16.4 Å². The zero-order valence-corrected chi connectivity index (χ0v) is 38.6. The Bertz CT molecular complexity index is 4260. The quantitative estimate of drug-likeness (QED) is 0.154. The molecule has 2 aliphatic heterocycles. The van der Waals surface area contributed by atoms with Crippen LogP contribution in [0.25, 0.3) is 110 Å². The van der Waals surface area contributed by atoms with Crippen LogP contribution in [0.1, 0.15) is 52.7 Å². The maximum absolute atomic E-state index is 2.61. The zero-order valence-electron chi connectivity index (χ0n) is 38.6. The van der Waals surface area contributed by atoms with Crippen molar-refractivity contribution < 1.29 is 0 Å². The van der Waals surface area contributed by atoms with Crippen LogP contribution in [-0.4, -0.2) is 25.0 Å². The summed E-state index contributed by atoms with van der Waals surface area (Å²) >= 11 is 0. The van der Waals surface area contributed by atoms with Gasteiger partial charge in [0.1, 0.15) is 0 Å². The normalized spacial score (nSPS) is 13.5. The van der Waals surface area contributed by atoms with Gasteiger partial charge < -0.3 is 18.3 Å². The van der Waals surface area contributed by atoms with Gasteiger partial charge in [-0.2, -0.15) is 0 Å². The predicted molar refractivity (Wildman–Crippen MR) is 286 cm³/mol. The molecular formula is C62H47BN4. The molecule has 0 saturated heterocycles. The molecule has 0 N–H and O–H groups in total. The molecule has 0 bridgehead atoms. The van der Waals surface area contributed by atoms with Gasteiger partial charge in [-0.15, -0.1) is 0 Å². The molecule has 0 fully saturated rings. The van der Waals surface area contributed by atoms with Crippen LogP contribution in [-0.2, 0) is 10.8 Å². The van der Waals surface area contributed by atoms with E-state index in [1.54, 1.807) is 0 Å². The van der Waals surface area contributed by atoms with Crippen LogP contribution in [0.4, 0.5) is 0 Å². The second-order valence-electron chi connectivity index (χ2n) is 21.4. The summed E-state index contributed by atoms with van der Waals surface area (Å²) in [6, 6.07) is 67.2. The van der Waals surface area contributed by atoms with Crippen molar-refractivity contribution in [3.8, 4) is 22.7 Å². The molecule has 13 aromatic rings. The first kappa shape index (κ1) is 37.5. The average molecular weight is 859 g/mol. The number of nitrogens with zero attached hydrogens (tertiary/aromatic N) is 4. The molecule has 0 spiro atoms. The number of hydrogen-bond donors (Lipinski definition) is 0. The molecule has 67 heavy (non-hydrogen) atoms. The summed E-state index contributed by atoms with van der Waals surface area (Å²) in [6.07, 6.45) is 0. The van der Waals surface area contributed by atoms with E-state index in [0.717, 1.165) is 0 Å². The van der Waals surface area contributed by atoms with E-state index in [9.17, 15) is 0 Å². The highest BCUT2D eigenvalue weighted by atomic mass is 15.0. The molecule has 9 aromatic carbocycles. The van der Waals surface area contributed by atoms with E-state index in [1.165, 1.54) is 137 Å². The summed E-state index contributed by atoms with van der Waals surface area (Å²) in [6.45, 7) is 14.1. The number of hydrogen-bond acceptors (Lipinski definition) is 0. The van der Waals surface area contributed by atoms with Crippen molar-refractivity contribution in [1.29, 1.82) is 0 Å². The Morgan fingerprint density at radius 2 is 0.731 bits per heavy atom. The lowest BCUT2D eigenvalue weighted by Gasteiger charge is -2.34. The second kappa shape index (κ2) is 12.6. The highest BCUT2D eigenvalue weighted by Gasteiger charge is 2.42. The Morgan fingerprint density at radius 3 is 1.27 bits per heavy atom. The van der Waals surface area contributed by atoms with Gasteiger partial charge in [-0.3, -0.25) is 0 Å².